The highest BCUT2D eigenvalue weighted by atomic mass is 32.1. The minimum atomic E-state index is -0.0238. The van der Waals surface area contributed by atoms with Crippen molar-refractivity contribution in [3.63, 3.8) is 0 Å². The Labute approximate surface area is 182 Å². The molecule has 3 heterocycles. The molecule has 154 valence electrons. The number of thiocarbonyl (C=S) groups is 1. The molecule has 2 aromatic heterocycles. The summed E-state index contributed by atoms with van der Waals surface area (Å²) in [7, 11) is 1.69. The molecule has 0 radical (unpaired) electrons. The first kappa shape index (κ1) is 19.1. The fraction of sp³-hybridized carbons (Fsp3) is 0.333. The molecule has 1 saturated carbocycles. The standard InChI is InChI=1S/C24H26N4OS/c1-29-20-10-6-9-19(15-20)28-23(17-12-14-27(16-17)18-7-2-3-8-18)22(26-24(28)30)21-11-4-5-13-25-21/h4-6,9-16,18,22-23H,2-3,7-8H2,1H3,(H,26,30)/t22-,23+/m1/s1. The first-order valence-corrected chi connectivity index (χ1v) is 11.0. The van der Waals surface area contributed by atoms with Gasteiger partial charge in [0.25, 0.3) is 0 Å². The molecule has 3 aromatic rings. The molecule has 2 atom stereocenters. The SMILES string of the molecule is COc1cccc(N2C(=S)N[C@H](c3ccccn3)[C@@H]2c2ccn(C3CCCC3)c2)c1. The highest BCUT2D eigenvalue weighted by Gasteiger charge is 2.41. The molecule has 6 heteroatoms. The molecule has 30 heavy (non-hydrogen) atoms. The van der Waals surface area contributed by atoms with E-state index in [1.165, 1.54) is 31.2 Å². The molecule has 0 spiro atoms. The lowest BCUT2D eigenvalue weighted by Gasteiger charge is -2.27. The third-order valence-corrected chi connectivity index (χ3v) is 6.57. The smallest absolute Gasteiger partial charge is 0.174 e. The maximum absolute atomic E-state index is 5.81. The lowest BCUT2D eigenvalue weighted by Crippen LogP contribution is -2.29. The van der Waals surface area contributed by atoms with Crippen LogP contribution in [0.25, 0.3) is 0 Å². The van der Waals surface area contributed by atoms with Crippen molar-refractivity contribution in [1.29, 1.82) is 0 Å². The van der Waals surface area contributed by atoms with Gasteiger partial charge in [-0.3, -0.25) is 4.98 Å². The predicted octanol–water partition coefficient (Wildman–Crippen LogP) is 5.18. The van der Waals surface area contributed by atoms with E-state index in [-0.39, 0.29) is 12.1 Å². The summed E-state index contributed by atoms with van der Waals surface area (Å²) in [5.74, 6) is 0.818. The van der Waals surface area contributed by atoms with Crippen LogP contribution in [0.2, 0.25) is 0 Å². The van der Waals surface area contributed by atoms with Gasteiger partial charge in [-0.05, 0) is 61.0 Å². The Morgan fingerprint density at radius 3 is 2.73 bits per heavy atom. The summed E-state index contributed by atoms with van der Waals surface area (Å²) in [4.78, 5) is 6.84. The molecule has 0 amide bonds. The lowest BCUT2D eigenvalue weighted by atomic mass is 9.98. The van der Waals surface area contributed by atoms with Gasteiger partial charge >= 0.3 is 0 Å². The average molecular weight is 419 g/mol. The summed E-state index contributed by atoms with van der Waals surface area (Å²) in [5.41, 5.74) is 3.25. The maximum Gasteiger partial charge on any atom is 0.174 e. The Hall–Kier alpha value is -2.86. The number of hydrogen-bond acceptors (Lipinski definition) is 3. The number of methoxy groups -OCH3 is 1. The summed E-state index contributed by atoms with van der Waals surface area (Å²) in [5, 5.41) is 4.23. The van der Waals surface area contributed by atoms with Crippen LogP contribution in [-0.4, -0.2) is 21.8 Å². The molecule has 5 rings (SSSR count). The Bertz CT molecular complexity index is 1030. The van der Waals surface area contributed by atoms with E-state index < -0.39 is 0 Å². The fourth-order valence-electron chi connectivity index (χ4n) is 4.77. The van der Waals surface area contributed by atoms with Crippen molar-refractivity contribution in [3.05, 3.63) is 78.4 Å². The van der Waals surface area contributed by atoms with Crippen molar-refractivity contribution in [1.82, 2.24) is 14.9 Å². The van der Waals surface area contributed by atoms with Gasteiger partial charge in [-0.15, -0.1) is 0 Å². The highest BCUT2D eigenvalue weighted by Crippen LogP contribution is 2.43. The fourth-order valence-corrected chi connectivity index (χ4v) is 5.11. The monoisotopic (exact) mass is 418 g/mol. The van der Waals surface area contributed by atoms with Crippen LogP contribution >= 0.6 is 12.2 Å². The average Bonchev–Trinajstić information content (AvgIpc) is 3.53. The van der Waals surface area contributed by atoms with Crippen LogP contribution in [0.15, 0.2) is 67.1 Å². The summed E-state index contributed by atoms with van der Waals surface area (Å²) in [6, 6.07) is 17.0. The van der Waals surface area contributed by atoms with Crippen LogP contribution in [0.4, 0.5) is 5.69 Å². The van der Waals surface area contributed by atoms with Gasteiger partial charge in [0.1, 0.15) is 5.75 Å². The molecule has 5 nitrogen and oxygen atoms in total. The molecule has 1 N–H and O–H groups in total. The Kier molecular flexibility index (Phi) is 5.17. The van der Waals surface area contributed by atoms with Crippen molar-refractivity contribution in [2.45, 2.75) is 43.8 Å². The normalized spacial score (nSPS) is 21.8. The summed E-state index contributed by atoms with van der Waals surface area (Å²) in [6.45, 7) is 0. The molecular formula is C24H26N4OS. The number of anilines is 1. The molecule has 1 aromatic carbocycles. The third kappa shape index (κ3) is 3.45. The zero-order chi connectivity index (χ0) is 20.5. The Balaban J connectivity index is 1.57. The lowest BCUT2D eigenvalue weighted by molar-refractivity contribution is 0.415. The number of nitrogens with zero attached hydrogens (tertiary/aromatic N) is 3. The number of ether oxygens (including phenoxy) is 1. The number of pyridine rings is 1. The largest absolute Gasteiger partial charge is 0.497 e. The first-order chi connectivity index (χ1) is 14.7. The van der Waals surface area contributed by atoms with Gasteiger partial charge in [-0.1, -0.05) is 25.0 Å². The molecule has 0 unspecified atom stereocenters. The van der Waals surface area contributed by atoms with E-state index in [4.69, 9.17) is 17.0 Å². The van der Waals surface area contributed by atoms with Crippen molar-refractivity contribution in [2.75, 3.05) is 12.0 Å². The molecule has 1 aliphatic heterocycles. The minimum Gasteiger partial charge on any atom is -0.497 e. The second-order valence-electron chi connectivity index (χ2n) is 8.03. The first-order valence-electron chi connectivity index (χ1n) is 10.6. The van der Waals surface area contributed by atoms with Crippen LogP contribution < -0.4 is 15.0 Å². The van der Waals surface area contributed by atoms with Crippen molar-refractivity contribution >= 4 is 23.0 Å². The van der Waals surface area contributed by atoms with E-state index in [9.17, 15) is 0 Å². The van der Waals surface area contributed by atoms with E-state index in [2.05, 4.69) is 50.4 Å². The minimum absolute atomic E-state index is 0.0159. The van der Waals surface area contributed by atoms with Gasteiger partial charge in [0.2, 0.25) is 0 Å². The summed E-state index contributed by atoms with van der Waals surface area (Å²) in [6.07, 6.45) is 11.5. The van der Waals surface area contributed by atoms with Gasteiger partial charge in [-0.25, -0.2) is 0 Å². The van der Waals surface area contributed by atoms with Crippen molar-refractivity contribution < 1.29 is 4.74 Å². The quantitative estimate of drug-likeness (QED) is 0.578. The zero-order valence-electron chi connectivity index (χ0n) is 17.1. The molecule has 2 fully saturated rings. The molecule has 0 bridgehead atoms. The maximum atomic E-state index is 5.81. The third-order valence-electron chi connectivity index (χ3n) is 6.25. The van der Waals surface area contributed by atoms with Crippen LogP contribution in [0.1, 0.15) is 55.1 Å². The van der Waals surface area contributed by atoms with Crippen LogP contribution in [0.5, 0.6) is 5.75 Å². The predicted molar refractivity (Wildman–Crippen MR) is 123 cm³/mol. The number of aromatic nitrogens is 2. The number of nitrogens with one attached hydrogen (secondary N) is 1. The van der Waals surface area contributed by atoms with E-state index in [1.54, 1.807) is 7.11 Å². The Morgan fingerprint density at radius 2 is 1.97 bits per heavy atom. The van der Waals surface area contributed by atoms with Gasteiger partial charge in [0, 0.05) is 36.4 Å². The molecule has 1 aliphatic carbocycles. The highest BCUT2D eigenvalue weighted by molar-refractivity contribution is 7.80. The second-order valence-corrected chi connectivity index (χ2v) is 8.42. The summed E-state index contributed by atoms with van der Waals surface area (Å²) >= 11 is 5.81. The van der Waals surface area contributed by atoms with E-state index >= 15 is 0 Å². The van der Waals surface area contributed by atoms with Crippen LogP contribution in [-0.2, 0) is 0 Å². The van der Waals surface area contributed by atoms with E-state index in [0.717, 1.165) is 17.1 Å². The second kappa shape index (κ2) is 8.11. The van der Waals surface area contributed by atoms with Crippen LogP contribution in [0, 0.1) is 0 Å². The molecular weight excluding hydrogens is 392 g/mol. The Morgan fingerprint density at radius 1 is 1.10 bits per heavy atom. The van der Waals surface area contributed by atoms with Crippen molar-refractivity contribution in [3.8, 4) is 5.75 Å². The van der Waals surface area contributed by atoms with E-state index in [0.29, 0.717) is 11.2 Å². The number of rotatable bonds is 5. The van der Waals surface area contributed by atoms with E-state index in [1.807, 2.05) is 36.5 Å². The van der Waals surface area contributed by atoms with Crippen molar-refractivity contribution in [2.24, 2.45) is 0 Å². The topological polar surface area (TPSA) is 42.3 Å². The van der Waals surface area contributed by atoms with Crippen LogP contribution in [0.3, 0.4) is 0 Å². The zero-order valence-corrected chi connectivity index (χ0v) is 17.9. The number of hydrogen-bond donors (Lipinski definition) is 1. The molecule has 2 aliphatic rings. The van der Waals surface area contributed by atoms with Gasteiger partial charge < -0.3 is 19.5 Å². The molecule has 1 saturated heterocycles. The van der Waals surface area contributed by atoms with Gasteiger partial charge in [-0.2, -0.15) is 0 Å². The van der Waals surface area contributed by atoms with Gasteiger partial charge in [0.05, 0.1) is 24.9 Å². The summed E-state index contributed by atoms with van der Waals surface area (Å²) < 4.78 is 7.86. The number of benzene rings is 1. The van der Waals surface area contributed by atoms with Gasteiger partial charge in [0.15, 0.2) is 5.11 Å².